The van der Waals surface area contributed by atoms with Gasteiger partial charge in [0.05, 0.1) is 0 Å². The number of nitrogens with zero attached hydrogens (tertiary/aromatic N) is 1. The molecule has 1 saturated heterocycles. The Morgan fingerprint density at radius 3 is 2.67 bits per heavy atom. The van der Waals surface area contributed by atoms with Crippen molar-refractivity contribution in [1.82, 2.24) is 10.2 Å². The summed E-state index contributed by atoms with van der Waals surface area (Å²) >= 11 is 2.06. The van der Waals surface area contributed by atoms with Gasteiger partial charge in [0.25, 0.3) is 0 Å². The van der Waals surface area contributed by atoms with Crippen molar-refractivity contribution in [2.24, 2.45) is 0 Å². The van der Waals surface area contributed by atoms with E-state index in [0.717, 1.165) is 19.6 Å². The van der Waals surface area contributed by atoms with Crippen molar-refractivity contribution in [2.75, 3.05) is 44.2 Å². The fourth-order valence-corrected chi connectivity index (χ4v) is 3.06. The fourth-order valence-electron chi connectivity index (χ4n) is 2.08. The molecule has 18 heavy (non-hydrogen) atoms. The van der Waals surface area contributed by atoms with Crippen LogP contribution in [0.5, 0.6) is 0 Å². The van der Waals surface area contributed by atoms with E-state index in [1.807, 2.05) is 6.07 Å². The first-order valence-corrected chi connectivity index (χ1v) is 7.76. The molecule has 0 aromatic heterocycles. The zero-order valence-electron chi connectivity index (χ0n) is 10.9. The van der Waals surface area contributed by atoms with Gasteiger partial charge in [-0.1, -0.05) is 36.9 Å². The molecule has 2 nitrogen and oxygen atoms in total. The molecule has 3 heteroatoms. The number of hydrogen-bond donors (Lipinski definition) is 1. The van der Waals surface area contributed by atoms with Crippen molar-refractivity contribution in [3.05, 3.63) is 42.5 Å². The first-order valence-electron chi connectivity index (χ1n) is 6.60. The van der Waals surface area contributed by atoms with E-state index in [1.54, 1.807) is 0 Å². The van der Waals surface area contributed by atoms with Crippen molar-refractivity contribution in [3.8, 4) is 0 Å². The molecule has 1 N–H and O–H groups in total. The zero-order chi connectivity index (χ0) is 12.6. The second kappa shape index (κ2) is 7.62. The van der Waals surface area contributed by atoms with E-state index in [4.69, 9.17) is 0 Å². The lowest BCUT2D eigenvalue weighted by Crippen LogP contribution is -2.38. The minimum Gasteiger partial charge on any atom is -0.311 e. The first kappa shape index (κ1) is 13.7. The highest BCUT2D eigenvalue weighted by Gasteiger charge is 2.09. The monoisotopic (exact) mass is 262 g/mol. The van der Waals surface area contributed by atoms with Crippen LogP contribution in [0.2, 0.25) is 0 Å². The summed E-state index contributed by atoms with van der Waals surface area (Å²) in [6, 6.07) is 10.4. The second-order valence-corrected chi connectivity index (χ2v) is 5.83. The van der Waals surface area contributed by atoms with Gasteiger partial charge in [-0.15, -0.1) is 0 Å². The summed E-state index contributed by atoms with van der Waals surface area (Å²) in [4.78, 5) is 2.54. The maximum Gasteiger partial charge on any atom is 0.0206 e. The van der Waals surface area contributed by atoms with E-state index in [1.165, 1.54) is 35.7 Å². The second-order valence-electron chi connectivity index (χ2n) is 4.60. The average molecular weight is 262 g/mol. The first-order chi connectivity index (χ1) is 8.86. The lowest BCUT2D eigenvalue weighted by Gasteiger charge is -2.26. The van der Waals surface area contributed by atoms with Crippen LogP contribution in [0.25, 0.3) is 5.57 Å². The Morgan fingerprint density at radius 2 is 1.94 bits per heavy atom. The summed E-state index contributed by atoms with van der Waals surface area (Å²) < 4.78 is 0. The number of rotatable bonds is 6. The van der Waals surface area contributed by atoms with Crippen LogP contribution in [0.15, 0.2) is 36.9 Å². The maximum atomic E-state index is 4.13. The molecule has 0 amide bonds. The van der Waals surface area contributed by atoms with E-state index < -0.39 is 0 Å². The summed E-state index contributed by atoms with van der Waals surface area (Å²) in [7, 11) is 0. The van der Waals surface area contributed by atoms with Gasteiger partial charge in [-0.2, -0.15) is 11.8 Å². The zero-order valence-corrected chi connectivity index (χ0v) is 11.7. The van der Waals surface area contributed by atoms with Crippen molar-refractivity contribution < 1.29 is 0 Å². The quantitative estimate of drug-likeness (QED) is 0.792. The van der Waals surface area contributed by atoms with E-state index in [2.05, 4.69) is 52.8 Å². The number of benzene rings is 1. The third-order valence-electron chi connectivity index (χ3n) is 3.23. The smallest absolute Gasteiger partial charge is 0.0206 e. The Hall–Kier alpha value is -0.770. The standard InChI is InChI=1S/C15H22N2S/c1-14(15-5-3-2-4-6-15)13-16-7-8-17-9-11-18-12-10-17/h2-6,16H,1,7-13H2. The summed E-state index contributed by atoms with van der Waals surface area (Å²) in [5.74, 6) is 2.58. The Balaban J connectivity index is 1.62. The molecule has 1 aliphatic heterocycles. The van der Waals surface area contributed by atoms with Gasteiger partial charge in [-0.3, -0.25) is 0 Å². The van der Waals surface area contributed by atoms with Crippen LogP contribution >= 0.6 is 11.8 Å². The predicted octanol–water partition coefficient (Wildman–Crippen LogP) is 2.34. The van der Waals surface area contributed by atoms with Gasteiger partial charge >= 0.3 is 0 Å². The molecule has 0 saturated carbocycles. The van der Waals surface area contributed by atoms with Gasteiger partial charge in [-0.25, -0.2) is 0 Å². The fraction of sp³-hybridized carbons (Fsp3) is 0.467. The Morgan fingerprint density at radius 1 is 1.22 bits per heavy atom. The Bertz CT molecular complexity index is 358. The number of hydrogen-bond acceptors (Lipinski definition) is 3. The van der Waals surface area contributed by atoms with Crippen molar-refractivity contribution >= 4 is 17.3 Å². The molecule has 1 aromatic rings. The molecule has 0 bridgehead atoms. The van der Waals surface area contributed by atoms with Gasteiger partial charge < -0.3 is 10.2 Å². The molecule has 0 spiro atoms. The van der Waals surface area contributed by atoms with Gasteiger partial charge in [0.1, 0.15) is 0 Å². The maximum absolute atomic E-state index is 4.13. The summed E-state index contributed by atoms with van der Waals surface area (Å²) in [5.41, 5.74) is 2.41. The highest BCUT2D eigenvalue weighted by molar-refractivity contribution is 7.99. The largest absolute Gasteiger partial charge is 0.311 e. The number of nitrogens with one attached hydrogen (secondary N) is 1. The summed E-state index contributed by atoms with van der Waals surface area (Å²) in [6.45, 7) is 9.70. The molecule has 1 fully saturated rings. The summed E-state index contributed by atoms with van der Waals surface area (Å²) in [6.07, 6.45) is 0. The van der Waals surface area contributed by atoms with Gasteiger partial charge in [0, 0.05) is 44.2 Å². The van der Waals surface area contributed by atoms with Crippen LogP contribution in [0.4, 0.5) is 0 Å². The third kappa shape index (κ3) is 4.48. The Labute approximate surface area is 114 Å². The lowest BCUT2D eigenvalue weighted by atomic mass is 10.1. The highest BCUT2D eigenvalue weighted by atomic mass is 32.2. The molecule has 2 rings (SSSR count). The minimum atomic E-state index is 0.882. The molecule has 1 heterocycles. The molecule has 98 valence electrons. The van der Waals surface area contributed by atoms with Crippen molar-refractivity contribution in [2.45, 2.75) is 0 Å². The van der Waals surface area contributed by atoms with E-state index in [-0.39, 0.29) is 0 Å². The van der Waals surface area contributed by atoms with Gasteiger partial charge in [-0.05, 0) is 11.1 Å². The van der Waals surface area contributed by atoms with Gasteiger partial charge in [0.15, 0.2) is 0 Å². The number of thioether (sulfide) groups is 1. The highest BCUT2D eigenvalue weighted by Crippen LogP contribution is 2.10. The molecule has 0 aliphatic carbocycles. The molecule has 1 aliphatic rings. The van der Waals surface area contributed by atoms with Crippen molar-refractivity contribution in [3.63, 3.8) is 0 Å². The van der Waals surface area contributed by atoms with E-state index >= 15 is 0 Å². The molecule has 1 aromatic carbocycles. The van der Waals surface area contributed by atoms with Crippen LogP contribution in [-0.4, -0.2) is 49.1 Å². The van der Waals surface area contributed by atoms with Crippen LogP contribution in [0, 0.1) is 0 Å². The van der Waals surface area contributed by atoms with Crippen molar-refractivity contribution in [1.29, 1.82) is 0 Å². The van der Waals surface area contributed by atoms with Crippen LogP contribution in [-0.2, 0) is 0 Å². The van der Waals surface area contributed by atoms with Crippen LogP contribution in [0.3, 0.4) is 0 Å². The Kier molecular flexibility index (Phi) is 5.78. The predicted molar refractivity (Wildman–Crippen MR) is 82.1 cm³/mol. The van der Waals surface area contributed by atoms with Crippen LogP contribution in [0.1, 0.15) is 5.56 Å². The molecular weight excluding hydrogens is 240 g/mol. The molecule has 0 radical (unpaired) electrons. The average Bonchev–Trinajstić information content (AvgIpc) is 2.45. The third-order valence-corrected chi connectivity index (χ3v) is 4.17. The van der Waals surface area contributed by atoms with E-state index in [0.29, 0.717) is 0 Å². The molecular formula is C15H22N2S. The van der Waals surface area contributed by atoms with E-state index in [9.17, 15) is 0 Å². The van der Waals surface area contributed by atoms with Crippen LogP contribution < -0.4 is 5.32 Å². The topological polar surface area (TPSA) is 15.3 Å². The van der Waals surface area contributed by atoms with Gasteiger partial charge in [0.2, 0.25) is 0 Å². The summed E-state index contributed by atoms with van der Waals surface area (Å²) in [5, 5.41) is 3.48. The lowest BCUT2D eigenvalue weighted by molar-refractivity contribution is 0.303. The minimum absolute atomic E-state index is 0.882. The normalized spacial score (nSPS) is 16.7. The molecule has 0 atom stereocenters. The molecule has 0 unspecified atom stereocenters. The SMILES string of the molecule is C=C(CNCCN1CCSCC1)c1ccccc1.